The molecule has 0 aromatic heterocycles. The predicted molar refractivity (Wildman–Crippen MR) is 186 cm³/mol. The Morgan fingerprint density at radius 1 is 0.655 bits per heavy atom. The van der Waals surface area contributed by atoms with Crippen LogP contribution in [-0.4, -0.2) is 48.0 Å². The lowest BCUT2D eigenvalue weighted by atomic mass is 9.99. The van der Waals surface area contributed by atoms with Gasteiger partial charge in [-0.3, -0.25) is 29.8 Å². The number of halogens is 8. The fourth-order valence-electron chi connectivity index (χ4n) is 5.05. The van der Waals surface area contributed by atoms with Crippen LogP contribution in [0.2, 0.25) is 10.0 Å². The number of benzene rings is 4. The van der Waals surface area contributed by atoms with Gasteiger partial charge in [-0.15, -0.1) is 0 Å². The van der Waals surface area contributed by atoms with Crippen molar-refractivity contribution in [2.75, 3.05) is 26.3 Å². The lowest BCUT2D eigenvalue weighted by Crippen LogP contribution is -2.28. The summed E-state index contributed by atoms with van der Waals surface area (Å²) in [6.07, 6.45) is -9.75. The molecule has 4 aromatic rings. The van der Waals surface area contributed by atoms with E-state index in [1.165, 1.54) is 0 Å². The highest BCUT2D eigenvalue weighted by Crippen LogP contribution is 2.53. The summed E-state index contributed by atoms with van der Waals surface area (Å²) in [5.41, 5.74) is -5.67. The number of hydrogen-bond donors (Lipinski definition) is 2. The molecule has 0 spiro atoms. The number of nitrogens with zero attached hydrogens (tertiary/aromatic N) is 2. The molecule has 292 valence electrons. The van der Waals surface area contributed by atoms with Gasteiger partial charge in [0.15, 0.2) is 13.2 Å². The molecule has 0 atom stereocenters. The number of nitro groups is 2. The Balaban J connectivity index is 2.08. The minimum absolute atomic E-state index is 0.130. The number of nitrogens with one attached hydrogen (secondary N) is 2. The molecule has 0 bridgehead atoms. The number of ether oxygens (including phenoxy) is 3. The van der Waals surface area contributed by atoms with Crippen LogP contribution in [0.4, 0.5) is 37.7 Å². The van der Waals surface area contributed by atoms with Crippen molar-refractivity contribution in [2.24, 2.45) is 0 Å². The van der Waals surface area contributed by atoms with Crippen molar-refractivity contribution in [3.05, 3.63) is 102 Å². The number of carbonyl (C=O) groups is 2. The summed E-state index contributed by atoms with van der Waals surface area (Å²) in [4.78, 5) is 47.3. The molecule has 0 saturated carbocycles. The zero-order chi connectivity index (χ0) is 40.8. The molecular formula is C34H26Cl2F6N4O9. The Morgan fingerprint density at radius 2 is 1.02 bits per heavy atom. The lowest BCUT2D eigenvalue weighted by Gasteiger charge is -2.21. The van der Waals surface area contributed by atoms with Crippen molar-refractivity contribution in [1.82, 2.24) is 10.6 Å². The van der Waals surface area contributed by atoms with Crippen LogP contribution in [-0.2, 0) is 21.9 Å². The number of nitro benzene ring substituents is 2. The van der Waals surface area contributed by atoms with Crippen molar-refractivity contribution in [2.45, 2.75) is 26.2 Å². The van der Waals surface area contributed by atoms with Gasteiger partial charge in [-0.1, -0.05) is 35.3 Å². The molecule has 2 amide bonds. The summed E-state index contributed by atoms with van der Waals surface area (Å²) < 4.78 is 99.0. The van der Waals surface area contributed by atoms with E-state index in [2.05, 4.69) is 10.6 Å². The number of hydrogen-bond acceptors (Lipinski definition) is 9. The number of carbonyl (C=O) groups excluding carboxylic acids is 2. The maximum atomic E-state index is 13.6. The molecule has 2 N–H and O–H groups in total. The van der Waals surface area contributed by atoms with E-state index in [1.54, 1.807) is 13.8 Å². The van der Waals surface area contributed by atoms with E-state index in [0.717, 1.165) is 36.4 Å². The number of rotatable bonds is 14. The summed E-state index contributed by atoms with van der Waals surface area (Å²) >= 11 is 12.7. The molecular weight excluding hydrogens is 793 g/mol. The Morgan fingerprint density at radius 3 is 1.31 bits per heavy atom. The molecule has 55 heavy (non-hydrogen) atoms. The van der Waals surface area contributed by atoms with E-state index in [1.807, 2.05) is 0 Å². The normalized spacial score (nSPS) is 11.5. The Hall–Kier alpha value is -5.82. The van der Waals surface area contributed by atoms with Crippen LogP contribution in [0.5, 0.6) is 23.0 Å². The maximum absolute atomic E-state index is 13.6. The van der Waals surface area contributed by atoms with Gasteiger partial charge in [0.25, 0.3) is 11.8 Å². The lowest BCUT2D eigenvalue weighted by molar-refractivity contribution is -0.385. The minimum atomic E-state index is -4.87. The van der Waals surface area contributed by atoms with Crippen LogP contribution in [0.15, 0.2) is 60.7 Å². The van der Waals surface area contributed by atoms with Gasteiger partial charge in [0.2, 0.25) is 11.5 Å². The minimum Gasteiger partial charge on any atom is -0.476 e. The molecule has 0 heterocycles. The van der Waals surface area contributed by atoms with E-state index in [-0.39, 0.29) is 24.2 Å². The molecule has 0 unspecified atom stereocenters. The van der Waals surface area contributed by atoms with Crippen molar-refractivity contribution in [3.63, 3.8) is 0 Å². The first kappa shape index (κ1) is 41.9. The second-order valence-electron chi connectivity index (χ2n) is 11.1. The average molecular weight is 819 g/mol. The molecule has 0 aliphatic heterocycles. The third kappa shape index (κ3) is 9.84. The standard InChI is InChI=1S/C34H26Cl2F6N4O9/c1-3-43-27(47)15-53-31-23(45(49)50)9-11-25(29(31)19-7-5-17(13-21(19)35)33(37,38)39)55-26-12-10-24(46(51)52)32(54-16-28(48)44-4-2)30(26)20-8-6-18(14-22(20)36)34(40,41)42/h5-14H,3-4,15-16H2,1-2H3,(H,43,47)(H,44,48). The summed E-state index contributed by atoms with van der Waals surface area (Å²) in [5, 5.41) is 28.0. The van der Waals surface area contributed by atoms with Crippen LogP contribution >= 0.6 is 23.2 Å². The first-order chi connectivity index (χ1) is 25.8. The second kappa shape index (κ2) is 17.1. The van der Waals surface area contributed by atoms with Crippen LogP contribution in [0.1, 0.15) is 25.0 Å². The molecule has 4 rings (SSSR count). The maximum Gasteiger partial charge on any atom is 0.416 e. The Labute approximate surface area is 316 Å². The van der Waals surface area contributed by atoms with E-state index in [9.17, 15) is 56.2 Å². The molecule has 4 aromatic carbocycles. The van der Waals surface area contributed by atoms with E-state index < -0.39 is 114 Å². The Bertz CT molecular complexity index is 2000. The summed E-state index contributed by atoms with van der Waals surface area (Å²) in [5.74, 6) is -3.89. The zero-order valence-corrected chi connectivity index (χ0v) is 29.7. The van der Waals surface area contributed by atoms with Crippen molar-refractivity contribution in [3.8, 4) is 45.3 Å². The SMILES string of the molecule is CCNC(=O)COc1c([N+](=O)[O-])ccc(Oc2ccc([N+](=O)[O-])c(OCC(=O)NCC)c2-c2ccc(C(F)(F)F)cc2Cl)c1-c1ccc(C(F)(F)F)cc1Cl. The fraction of sp³-hybridized carbons (Fsp3) is 0.235. The molecule has 0 radical (unpaired) electrons. The van der Waals surface area contributed by atoms with Crippen molar-refractivity contribution in [1.29, 1.82) is 0 Å². The topological polar surface area (TPSA) is 172 Å². The third-order valence-corrected chi connectivity index (χ3v) is 8.01. The predicted octanol–water partition coefficient (Wildman–Crippen LogP) is 9.00. The zero-order valence-electron chi connectivity index (χ0n) is 28.2. The fourth-order valence-corrected chi connectivity index (χ4v) is 5.60. The van der Waals surface area contributed by atoms with Gasteiger partial charge in [0.1, 0.15) is 11.5 Å². The highest BCUT2D eigenvalue weighted by molar-refractivity contribution is 6.34. The van der Waals surface area contributed by atoms with Gasteiger partial charge in [0, 0.05) is 46.4 Å². The molecule has 0 aliphatic rings. The van der Waals surface area contributed by atoms with Crippen molar-refractivity contribution >= 4 is 46.4 Å². The van der Waals surface area contributed by atoms with Gasteiger partial charge in [-0.2, -0.15) is 26.3 Å². The summed E-state index contributed by atoms with van der Waals surface area (Å²) in [6.45, 7) is 1.72. The van der Waals surface area contributed by atoms with Crippen molar-refractivity contribution < 1.29 is 60.0 Å². The molecule has 0 saturated heterocycles. The van der Waals surface area contributed by atoms with E-state index in [0.29, 0.717) is 24.3 Å². The monoisotopic (exact) mass is 818 g/mol. The molecule has 21 heteroatoms. The molecule has 0 aliphatic carbocycles. The van der Waals surface area contributed by atoms with Crippen LogP contribution in [0.25, 0.3) is 22.3 Å². The van der Waals surface area contributed by atoms with Gasteiger partial charge < -0.3 is 24.8 Å². The first-order valence-electron chi connectivity index (χ1n) is 15.6. The third-order valence-electron chi connectivity index (χ3n) is 7.39. The second-order valence-corrected chi connectivity index (χ2v) is 11.9. The van der Waals surface area contributed by atoms with Gasteiger partial charge in [0.05, 0.1) is 32.1 Å². The van der Waals surface area contributed by atoms with Crippen LogP contribution in [0, 0.1) is 20.2 Å². The molecule has 13 nitrogen and oxygen atoms in total. The smallest absolute Gasteiger partial charge is 0.416 e. The Kier molecular flexibility index (Phi) is 13.0. The number of likely N-dealkylation sites (N-methyl/N-ethyl adjacent to an activating group) is 2. The van der Waals surface area contributed by atoms with Crippen LogP contribution in [0.3, 0.4) is 0 Å². The first-order valence-corrected chi connectivity index (χ1v) is 16.4. The van der Waals surface area contributed by atoms with Gasteiger partial charge in [-0.25, -0.2) is 0 Å². The quantitative estimate of drug-likeness (QED) is 0.0716. The van der Waals surface area contributed by atoms with Gasteiger partial charge >= 0.3 is 23.7 Å². The summed E-state index contributed by atoms with van der Waals surface area (Å²) in [6, 6.07) is 7.57. The highest BCUT2D eigenvalue weighted by atomic mass is 35.5. The van der Waals surface area contributed by atoms with Gasteiger partial charge in [-0.05, 0) is 50.2 Å². The number of alkyl halides is 6. The van der Waals surface area contributed by atoms with E-state index >= 15 is 0 Å². The average Bonchev–Trinajstić information content (AvgIpc) is 3.09. The largest absolute Gasteiger partial charge is 0.476 e. The van der Waals surface area contributed by atoms with Crippen LogP contribution < -0.4 is 24.8 Å². The number of amides is 2. The molecule has 0 fully saturated rings. The summed E-state index contributed by atoms with van der Waals surface area (Å²) in [7, 11) is 0. The highest BCUT2D eigenvalue weighted by Gasteiger charge is 2.35. The van der Waals surface area contributed by atoms with E-state index in [4.69, 9.17) is 37.4 Å².